The molecule has 0 atom stereocenters. The van der Waals surface area contributed by atoms with Gasteiger partial charge < -0.3 is 14.6 Å². The number of carbonyl (C=O) groups is 2. The molecule has 2 aromatic heterocycles. The summed E-state index contributed by atoms with van der Waals surface area (Å²) in [6, 6.07) is 8.97. The highest BCUT2D eigenvalue weighted by atomic mass is 32.2. The summed E-state index contributed by atoms with van der Waals surface area (Å²) < 4.78 is 36.4. The SMILES string of the molecule is CCN(CC)S(=O)(=O)c1ccc(C(=O)NCC(=O)OCc2nc(-c3cccnc3)no2)cc1. The van der Waals surface area contributed by atoms with Crippen molar-refractivity contribution < 1.29 is 27.3 Å². The monoisotopic (exact) mass is 473 g/mol. The van der Waals surface area contributed by atoms with Crippen LogP contribution in [0.4, 0.5) is 0 Å². The highest BCUT2D eigenvalue weighted by Gasteiger charge is 2.21. The Hall–Kier alpha value is -3.64. The number of amides is 1. The molecule has 0 radical (unpaired) electrons. The maximum absolute atomic E-state index is 12.5. The van der Waals surface area contributed by atoms with Crippen LogP contribution in [-0.2, 0) is 26.2 Å². The maximum Gasteiger partial charge on any atom is 0.325 e. The minimum absolute atomic E-state index is 0.0902. The number of pyridine rings is 1. The van der Waals surface area contributed by atoms with Crippen LogP contribution in [0.25, 0.3) is 11.4 Å². The predicted molar refractivity (Wildman–Crippen MR) is 116 cm³/mol. The van der Waals surface area contributed by atoms with Gasteiger partial charge in [0.25, 0.3) is 11.8 Å². The van der Waals surface area contributed by atoms with E-state index in [1.54, 1.807) is 38.4 Å². The van der Waals surface area contributed by atoms with Crippen molar-refractivity contribution in [2.24, 2.45) is 0 Å². The minimum Gasteiger partial charge on any atom is -0.454 e. The van der Waals surface area contributed by atoms with Gasteiger partial charge in [-0.05, 0) is 36.4 Å². The van der Waals surface area contributed by atoms with Crippen molar-refractivity contribution in [2.45, 2.75) is 25.3 Å². The van der Waals surface area contributed by atoms with E-state index in [0.29, 0.717) is 24.5 Å². The van der Waals surface area contributed by atoms with Crippen molar-refractivity contribution in [3.63, 3.8) is 0 Å². The summed E-state index contributed by atoms with van der Waals surface area (Å²) in [4.78, 5) is 32.4. The van der Waals surface area contributed by atoms with Gasteiger partial charge in [0, 0.05) is 36.6 Å². The number of benzene rings is 1. The molecule has 0 aliphatic rings. The van der Waals surface area contributed by atoms with E-state index in [9.17, 15) is 18.0 Å². The van der Waals surface area contributed by atoms with Crippen molar-refractivity contribution >= 4 is 21.9 Å². The Morgan fingerprint density at radius 3 is 2.48 bits per heavy atom. The van der Waals surface area contributed by atoms with Gasteiger partial charge in [0.05, 0.1) is 4.90 Å². The molecule has 0 saturated carbocycles. The van der Waals surface area contributed by atoms with E-state index in [4.69, 9.17) is 9.26 Å². The number of rotatable bonds is 10. The van der Waals surface area contributed by atoms with Crippen LogP contribution in [-0.4, -0.2) is 59.4 Å². The highest BCUT2D eigenvalue weighted by molar-refractivity contribution is 7.89. The van der Waals surface area contributed by atoms with Gasteiger partial charge in [-0.2, -0.15) is 9.29 Å². The van der Waals surface area contributed by atoms with Crippen LogP contribution >= 0.6 is 0 Å². The Balaban J connectivity index is 1.49. The first-order valence-electron chi connectivity index (χ1n) is 10.1. The largest absolute Gasteiger partial charge is 0.454 e. The van der Waals surface area contributed by atoms with Crippen molar-refractivity contribution in [1.29, 1.82) is 0 Å². The second-order valence-corrected chi connectivity index (χ2v) is 8.65. The number of esters is 1. The predicted octanol–water partition coefficient (Wildman–Crippen LogP) is 1.64. The normalized spacial score (nSPS) is 11.4. The Kier molecular flexibility index (Phi) is 7.85. The summed E-state index contributed by atoms with van der Waals surface area (Å²) in [5, 5.41) is 6.21. The second-order valence-electron chi connectivity index (χ2n) is 6.71. The molecule has 12 heteroatoms. The van der Waals surface area contributed by atoms with Gasteiger partial charge in [0.2, 0.25) is 15.8 Å². The summed E-state index contributed by atoms with van der Waals surface area (Å²) in [5.74, 6) is -0.840. The number of nitrogens with one attached hydrogen (secondary N) is 1. The average molecular weight is 474 g/mol. The topological polar surface area (TPSA) is 145 Å². The van der Waals surface area contributed by atoms with E-state index < -0.39 is 21.9 Å². The van der Waals surface area contributed by atoms with Gasteiger partial charge in [-0.3, -0.25) is 14.6 Å². The third-order valence-corrected chi connectivity index (χ3v) is 6.66. The van der Waals surface area contributed by atoms with E-state index in [1.165, 1.54) is 28.6 Å². The molecule has 0 aliphatic carbocycles. The molecule has 1 aromatic carbocycles. The number of hydrogen-bond donors (Lipinski definition) is 1. The summed E-state index contributed by atoms with van der Waals surface area (Å²) >= 11 is 0. The Bertz CT molecular complexity index is 1190. The highest BCUT2D eigenvalue weighted by Crippen LogP contribution is 2.16. The zero-order valence-corrected chi connectivity index (χ0v) is 18.9. The molecule has 0 aliphatic heterocycles. The number of ether oxygens (including phenoxy) is 1. The zero-order valence-electron chi connectivity index (χ0n) is 18.1. The lowest BCUT2D eigenvalue weighted by molar-refractivity contribution is -0.144. The second kappa shape index (κ2) is 10.8. The van der Waals surface area contributed by atoms with Gasteiger partial charge in [-0.25, -0.2) is 8.42 Å². The van der Waals surface area contributed by atoms with Gasteiger partial charge in [-0.15, -0.1) is 0 Å². The third kappa shape index (κ3) is 5.99. The first-order valence-corrected chi connectivity index (χ1v) is 11.6. The van der Waals surface area contributed by atoms with E-state index >= 15 is 0 Å². The molecule has 0 unspecified atom stereocenters. The van der Waals surface area contributed by atoms with Crippen LogP contribution in [0.5, 0.6) is 0 Å². The van der Waals surface area contributed by atoms with Crippen LogP contribution < -0.4 is 5.32 Å². The molecule has 11 nitrogen and oxygen atoms in total. The fraction of sp³-hybridized carbons (Fsp3) is 0.286. The third-order valence-electron chi connectivity index (χ3n) is 4.60. The molecule has 1 amide bonds. The van der Waals surface area contributed by atoms with E-state index in [-0.39, 0.29) is 29.5 Å². The quantitative estimate of drug-likeness (QED) is 0.434. The molecule has 0 saturated heterocycles. The van der Waals surface area contributed by atoms with Crippen molar-refractivity contribution in [1.82, 2.24) is 24.7 Å². The van der Waals surface area contributed by atoms with Crippen LogP contribution in [0.2, 0.25) is 0 Å². The number of sulfonamides is 1. The minimum atomic E-state index is -3.62. The Labute approximate surface area is 190 Å². The number of hydrogen-bond acceptors (Lipinski definition) is 9. The van der Waals surface area contributed by atoms with Gasteiger partial charge in [0.15, 0.2) is 6.61 Å². The van der Waals surface area contributed by atoms with Crippen LogP contribution in [0, 0.1) is 0 Å². The summed E-state index contributed by atoms with van der Waals surface area (Å²) in [7, 11) is -3.62. The van der Waals surface area contributed by atoms with Crippen LogP contribution in [0.1, 0.15) is 30.1 Å². The van der Waals surface area contributed by atoms with E-state index in [0.717, 1.165) is 0 Å². The van der Waals surface area contributed by atoms with Crippen molar-refractivity contribution in [3.05, 3.63) is 60.2 Å². The van der Waals surface area contributed by atoms with Crippen LogP contribution in [0.15, 0.2) is 58.2 Å². The molecule has 1 N–H and O–H groups in total. The first kappa shape index (κ1) is 24.0. The standard InChI is InChI=1S/C21H23N5O6S/c1-3-26(4-2)33(29,30)17-9-7-15(8-10-17)21(28)23-13-19(27)31-14-18-24-20(25-32-18)16-6-5-11-22-12-16/h5-12H,3-4,13-14H2,1-2H3,(H,23,28). The Morgan fingerprint density at radius 2 is 1.85 bits per heavy atom. The first-order chi connectivity index (χ1) is 15.8. The molecular weight excluding hydrogens is 450 g/mol. The van der Waals surface area contributed by atoms with Crippen molar-refractivity contribution in [2.75, 3.05) is 19.6 Å². The fourth-order valence-corrected chi connectivity index (χ4v) is 4.32. The molecule has 2 heterocycles. The lowest BCUT2D eigenvalue weighted by Crippen LogP contribution is -2.31. The molecule has 3 aromatic rings. The van der Waals surface area contributed by atoms with E-state index in [2.05, 4.69) is 20.4 Å². The van der Waals surface area contributed by atoms with Crippen LogP contribution in [0.3, 0.4) is 0 Å². The molecule has 174 valence electrons. The lowest BCUT2D eigenvalue weighted by atomic mass is 10.2. The fourth-order valence-electron chi connectivity index (χ4n) is 2.86. The number of aromatic nitrogens is 3. The molecule has 0 bridgehead atoms. The zero-order chi connectivity index (χ0) is 23.8. The van der Waals surface area contributed by atoms with Gasteiger partial charge in [0.1, 0.15) is 6.54 Å². The smallest absolute Gasteiger partial charge is 0.325 e. The Morgan fingerprint density at radius 1 is 1.12 bits per heavy atom. The van der Waals surface area contributed by atoms with Gasteiger partial charge in [-0.1, -0.05) is 19.0 Å². The van der Waals surface area contributed by atoms with Crippen molar-refractivity contribution in [3.8, 4) is 11.4 Å². The molecular formula is C21H23N5O6S. The summed E-state index contributed by atoms with van der Waals surface area (Å²) in [5.41, 5.74) is 0.862. The maximum atomic E-state index is 12.5. The molecule has 0 spiro atoms. The van der Waals surface area contributed by atoms with E-state index in [1.807, 2.05) is 0 Å². The number of carbonyl (C=O) groups excluding carboxylic acids is 2. The average Bonchev–Trinajstić information content (AvgIpc) is 3.31. The lowest BCUT2D eigenvalue weighted by Gasteiger charge is -2.18. The molecule has 0 fully saturated rings. The van der Waals surface area contributed by atoms with Gasteiger partial charge >= 0.3 is 5.97 Å². The molecule has 3 rings (SSSR count). The summed E-state index contributed by atoms with van der Waals surface area (Å²) in [6.07, 6.45) is 3.19. The summed E-state index contributed by atoms with van der Waals surface area (Å²) in [6.45, 7) is 3.55. The molecule has 33 heavy (non-hydrogen) atoms. The number of nitrogens with zero attached hydrogens (tertiary/aromatic N) is 4.